The first kappa shape index (κ1) is 20.8. The molecule has 4 N–H and O–H groups in total. The molecule has 0 heterocycles. The van der Waals surface area contributed by atoms with Crippen LogP contribution in [0.3, 0.4) is 0 Å². The molecular formula is C18H20Cl2N4O3. The molecule has 0 unspecified atom stereocenters. The maximum atomic E-state index is 11.7. The number of halogens is 2. The number of amides is 4. The summed E-state index contributed by atoms with van der Waals surface area (Å²) in [7, 11) is 0. The van der Waals surface area contributed by atoms with Gasteiger partial charge in [-0.05, 0) is 24.3 Å². The fourth-order valence-electron chi connectivity index (χ4n) is 2.03. The van der Waals surface area contributed by atoms with E-state index in [9.17, 15) is 9.59 Å². The summed E-state index contributed by atoms with van der Waals surface area (Å²) in [4.78, 5) is 23.5. The van der Waals surface area contributed by atoms with E-state index in [0.717, 1.165) is 0 Å². The molecule has 0 atom stereocenters. The summed E-state index contributed by atoms with van der Waals surface area (Å²) in [5, 5.41) is 11.5. The normalized spacial score (nSPS) is 10.1. The van der Waals surface area contributed by atoms with E-state index < -0.39 is 0 Å². The summed E-state index contributed by atoms with van der Waals surface area (Å²) < 4.78 is 5.35. The standard InChI is InChI=1S/C18H20Cl2N4O3/c19-13-5-1-3-7-15(13)23-17(25)21-9-11-27-12-10-22-18(26)24-16-8-4-2-6-14(16)20/h1-8H,9-12H2,(H2,21,23,25)(H2,22,24,26). The van der Waals surface area contributed by atoms with Gasteiger partial charge in [0.15, 0.2) is 0 Å². The minimum atomic E-state index is -0.371. The number of carbonyl (C=O) groups excluding carboxylic acids is 2. The largest absolute Gasteiger partial charge is 0.378 e. The minimum absolute atomic E-state index is 0.309. The fourth-order valence-corrected chi connectivity index (χ4v) is 2.40. The van der Waals surface area contributed by atoms with Crippen molar-refractivity contribution in [2.24, 2.45) is 0 Å². The van der Waals surface area contributed by atoms with E-state index in [1.165, 1.54) is 0 Å². The number of carbonyl (C=O) groups is 2. The van der Waals surface area contributed by atoms with E-state index in [0.29, 0.717) is 47.7 Å². The van der Waals surface area contributed by atoms with Crippen molar-refractivity contribution in [3.63, 3.8) is 0 Å². The number of nitrogens with one attached hydrogen (secondary N) is 4. The molecule has 0 fully saturated rings. The lowest BCUT2D eigenvalue weighted by Gasteiger charge is -2.10. The van der Waals surface area contributed by atoms with Crippen molar-refractivity contribution in [2.75, 3.05) is 36.9 Å². The zero-order valence-corrected chi connectivity index (χ0v) is 15.9. The van der Waals surface area contributed by atoms with Crippen LogP contribution in [0.15, 0.2) is 48.5 Å². The summed E-state index contributed by atoms with van der Waals surface area (Å²) in [6.07, 6.45) is 0. The molecule has 0 saturated carbocycles. The Hall–Kier alpha value is -2.48. The van der Waals surface area contributed by atoms with Crippen LogP contribution in [-0.2, 0) is 4.74 Å². The van der Waals surface area contributed by atoms with Crippen molar-refractivity contribution in [3.05, 3.63) is 58.6 Å². The van der Waals surface area contributed by atoms with Gasteiger partial charge >= 0.3 is 12.1 Å². The van der Waals surface area contributed by atoms with Gasteiger partial charge in [-0.25, -0.2) is 9.59 Å². The van der Waals surface area contributed by atoms with Crippen molar-refractivity contribution in [1.29, 1.82) is 0 Å². The Balaban J connectivity index is 1.52. The zero-order valence-electron chi connectivity index (χ0n) is 14.4. The number of anilines is 2. The van der Waals surface area contributed by atoms with Crippen LogP contribution in [0.1, 0.15) is 0 Å². The topological polar surface area (TPSA) is 91.5 Å². The van der Waals surface area contributed by atoms with Gasteiger partial charge < -0.3 is 26.0 Å². The second kappa shape index (κ2) is 11.3. The third kappa shape index (κ3) is 7.74. The van der Waals surface area contributed by atoms with Crippen LogP contribution in [0.4, 0.5) is 21.0 Å². The molecule has 0 radical (unpaired) electrons. The number of para-hydroxylation sites is 2. The third-order valence-corrected chi connectivity index (χ3v) is 3.97. The predicted molar refractivity (Wildman–Crippen MR) is 108 cm³/mol. The lowest BCUT2D eigenvalue weighted by atomic mass is 10.3. The van der Waals surface area contributed by atoms with Crippen LogP contribution >= 0.6 is 23.2 Å². The maximum absolute atomic E-state index is 11.7. The van der Waals surface area contributed by atoms with Gasteiger partial charge in [-0.15, -0.1) is 0 Å². The summed E-state index contributed by atoms with van der Waals surface area (Å²) >= 11 is 11.9. The fraction of sp³-hybridized carbons (Fsp3) is 0.222. The molecule has 9 heteroatoms. The van der Waals surface area contributed by atoms with Gasteiger partial charge in [0.1, 0.15) is 0 Å². The molecule has 0 aliphatic heterocycles. The van der Waals surface area contributed by atoms with Crippen molar-refractivity contribution in [2.45, 2.75) is 0 Å². The Bertz CT molecular complexity index is 710. The number of hydrogen-bond acceptors (Lipinski definition) is 3. The average Bonchev–Trinajstić information content (AvgIpc) is 2.65. The first-order valence-corrected chi connectivity index (χ1v) is 8.98. The molecule has 0 aromatic heterocycles. The summed E-state index contributed by atoms with van der Waals surface area (Å²) in [6, 6.07) is 13.2. The Labute approximate surface area is 167 Å². The Morgan fingerprint density at radius 2 is 1.15 bits per heavy atom. The smallest absolute Gasteiger partial charge is 0.319 e. The van der Waals surface area contributed by atoms with Gasteiger partial charge in [-0.1, -0.05) is 47.5 Å². The van der Waals surface area contributed by atoms with Gasteiger partial charge in [0.25, 0.3) is 0 Å². The zero-order chi connectivity index (χ0) is 19.5. The number of urea groups is 2. The quantitative estimate of drug-likeness (QED) is 0.496. The van der Waals surface area contributed by atoms with Gasteiger partial charge in [-0.2, -0.15) is 0 Å². The second-order valence-electron chi connectivity index (χ2n) is 5.33. The van der Waals surface area contributed by atoms with Crippen molar-refractivity contribution < 1.29 is 14.3 Å². The molecule has 144 valence electrons. The number of hydrogen-bond donors (Lipinski definition) is 4. The maximum Gasteiger partial charge on any atom is 0.319 e. The molecule has 0 bridgehead atoms. The average molecular weight is 411 g/mol. The highest BCUT2D eigenvalue weighted by molar-refractivity contribution is 6.34. The molecular weight excluding hydrogens is 391 g/mol. The molecule has 2 rings (SSSR count). The molecule has 0 aliphatic carbocycles. The van der Waals surface area contributed by atoms with Crippen molar-refractivity contribution >= 4 is 46.6 Å². The molecule has 0 saturated heterocycles. The van der Waals surface area contributed by atoms with Crippen LogP contribution in [0.25, 0.3) is 0 Å². The van der Waals surface area contributed by atoms with E-state index in [2.05, 4.69) is 21.3 Å². The summed E-state index contributed by atoms with van der Waals surface area (Å²) in [5.74, 6) is 0. The SMILES string of the molecule is O=C(NCCOCCNC(=O)Nc1ccccc1Cl)Nc1ccccc1Cl. The Morgan fingerprint density at radius 3 is 1.56 bits per heavy atom. The summed E-state index contributed by atoms with van der Waals surface area (Å²) in [5.41, 5.74) is 1.07. The number of rotatable bonds is 8. The van der Waals surface area contributed by atoms with Crippen LogP contribution in [0, 0.1) is 0 Å². The van der Waals surface area contributed by atoms with Crippen LogP contribution in [0.5, 0.6) is 0 Å². The van der Waals surface area contributed by atoms with Gasteiger partial charge in [0, 0.05) is 13.1 Å². The highest BCUT2D eigenvalue weighted by atomic mass is 35.5. The Kier molecular flexibility index (Phi) is 8.70. The van der Waals surface area contributed by atoms with Gasteiger partial charge in [0.05, 0.1) is 34.6 Å². The molecule has 4 amide bonds. The van der Waals surface area contributed by atoms with E-state index in [1.807, 2.05) is 0 Å². The third-order valence-electron chi connectivity index (χ3n) is 3.31. The Morgan fingerprint density at radius 1 is 0.741 bits per heavy atom. The second-order valence-corrected chi connectivity index (χ2v) is 6.15. The van der Waals surface area contributed by atoms with Crippen LogP contribution in [-0.4, -0.2) is 38.4 Å². The first-order valence-electron chi connectivity index (χ1n) is 8.23. The first-order chi connectivity index (χ1) is 13.1. The summed E-state index contributed by atoms with van der Waals surface area (Å²) in [6.45, 7) is 1.26. The monoisotopic (exact) mass is 410 g/mol. The van der Waals surface area contributed by atoms with Crippen LogP contribution < -0.4 is 21.3 Å². The molecule has 2 aromatic rings. The van der Waals surface area contributed by atoms with E-state index >= 15 is 0 Å². The highest BCUT2D eigenvalue weighted by Gasteiger charge is 2.05. The van der Waals surface area contributed by atoms with E-state index in [4.69, 9.17) is 27.9 Å². The lowest BCUT2D eigenvalue weighted by molar-refractivity contribution is 0.140. The molecule has 0 aliphatic rings. The van der Waals surface area contributed by atoms with Crippen LogP contribution in [0.2, 0.25) is 10.0 Å². The highest BCUT2D eigenvalue weighted by Crippen LogP contribution is 2.20. The number of ether oxygens (including phenoxy) is 1. The van der Waals surface area contributed by atoms with E-state index in [1.54, 1.807) is 48.5 Å². The van der Waals surface area contributed by atoms with E-state index in [-0.39, 0.29) is 12.1 Å². The molecule has 27 heavy (non-hydrogen) atoms. The van der Waals surface area contributed by atoms with Gasteiger partial charge in [-0.3, -0.25) is 0 Å². The molecule has 7 nitrogen and oxygen atoms in total. The number of benzene rings is 2. The minimum Gasteiger partial charge on any atom is -0.378 e. The molecule has 2 aromatic carbocycles. The predicted octanol–water partition coefficient (Wildman–Crippen LogP) is 3.95. The van der Waals surface area contributed by atoms with Gasteiger partial charge in [0.2, 0.25) is 0 Å². The van der Waals surface area contributed by atoms with Crippen molar-refractivity contribution in [3.8, 4) is 0 Å². The molecule has 0 spiro atoms. The van der Waals surface area contributed by atoms with Crippen molar-refractivity contribution in [1.82, 2.24) is 10.6 Å². The lowest BCUT2D eigenvalue weighted by Crippen LogP contribution is -2.34.